The maximum Gasteiger partial charge on any atom is 0.261 e. The van der Waals surface area contributed by atoms with Gasteiger partial charge in [-0.1, -0.05) is 42.5 Å². The van der Waals surface area contributed by atoms with E-state index in [-0.39, 0.29) is 23.5 Å². The lowest BCUT2D eigenvalue weighted by Crippen LogP contribution is -2.34. The van der Waals surface area contributed by atoms with Crippen LogP contribution in [0.15, 0.2) is 77.7 Å². The molecule has 0 aromatic heterocycles. The predicted octanol–water partition coefficient (Wildman–Crippen LogP) is 4.37. The van der Waals surface area contributed by atoms with Gasteiger partial charge in [0.2, 0.25) is 0 Å². The minimum Gasteiger partial charge on any atom is -0.484 e. The number of amides is 1. The Morgan fingerprint density at radius 3 is 2.50 bits per heavy atom. The summed E-state index contributed by atoms with van der Waals surface area (Å²) in [6, 6.07) is 21.4. The Balaban J connectivity index is 1.34. The van der Waals surface area contributed by atoms with Crippen LogP contribution in [0.3, 0.4) is 0 Å². The van der Waals surface area contributed by atoms with E-state index in [4.69, 9.17) is 4.74 Å². The van der Waals surface area contributed by atoms with Gasteiger partial charge >= 0.3 is 0 Å². The van der Waals surface area contributed by atoms with Crippen molar-refractivity contribution in [1.29, 1.82) is 0 Å². The van der Waals surface area contributed by atoms with Crippen LogP contribution < -0.4 is 14.8 Å². The molecule has 32 heavy (non-hydrogen) atoms. The summed E-state index contributed by atoms with van der Waals surface area (Å²) >= 11 is 0. The van der Waals surface area contributed by atoms with Gasteiger partial charge in [-0.2, -0.15) is 0 Å². The lowest BCUT2D eigenvalue weighted by atomic mass is 9.88. The van der Waals surface area contributed by atoms with E-state index in [0.717, 1.165) is 24.8 Å². The molecule has 0 spiro atoms. The number of rotatable bonds is 7. The Bertz CT molecular complexity index is 1210. The van der Waals surface area contributed by atoms with Crippen LogP contribution in [0, 0.1) is 6.92 Å². The monoisotopic (exact) mass is 450 g/mol. The van der Waals surface area contributed by atoms with Gasteiger partial charge in [-0.25, -0.2) is 8.42 Å². The first-order valence-electron chi connectivity index (χ1n) is 10.6. The van der Waals surface area contributed by atoms with Crippen LogP contribution in [0.1, 0.15) is 35.6 Å². The maximum atomic E-state index is 12.6. The fourth-order valence-corrected chi connectivity index (χ4v) is 5.03. The SMILES string of the molecule is Cc1ccccc1NS(=O)(=O)c1ccc(OCC(=O)N[C@@H]2CCCc3ccccc32)cc1. The summed E-state index contributed by atoms with van der Waals surface area (Å²) in [5, 5.41) is 3.04. The fourth-order valence-electron chi connectivity index (χ4n) is 3.89. The topological polar surface area (TPSA) is 84.5 Å². The van der Waals surface area contributed by atoms with Gasteiger partial charge in [0.25, 0.3) is 15.9 Å². The summed E-state index contributed by atoms with van der Waals surface area (Å²) in [7, 11) is -3.72. The third kappa shape index (κ3) is 5.11. The van der Waals surface area contributed by atoms with Gasteiger partial charge in [0.05, 0.1) is 16.6 Å². The number of nitrogens with one attached hydrogen (secondary N) is 2. The molecule has 1 amide bonds. The van der Waals surface area contributed by atoms with Crippen LogP contribution in [-0.4, -0.2) is 20.9 Å². The van der Waals surface area contributed by atoms with Gasteiger partial charge < -0.3 is 10.1 Å². The Morgan fingerprint density at radius 1 is 1.00 bits per heavy atom. The summed E-state index contributed by atoms with van der Waals surface area (Å²) in [5.74, 6) is 0.226. The predicted molar refractivity (Wildman–Crippen MR) is 124 cm³/mol. The summed E-state index contributed by atoms with van der Waals surface area (Å²) in [5.41, 5.74) is 3.82. The number of sulfonamides is 1. The molecule has 1 aliphatic carbocycles. The van der Waals surface area contributed by atoms with Crippen molar-refractivity contribution in [3.8, 4) is 5.75 Å². The number of hydrogen-bond acceptors (Lipinski definition) is 4. The molecule has 7 heteroatoms. The molecular formula is C25H26N2O4S. The van der Waals surface area contributed by atoms with Crippen LogP contribution in [-0.2, 0) is 21.2 Å². The van der Waals surface area contributed by atoms with E-state index in [1.54, 1.807) is 24.3 Å². The van der Waals surface area contributed by atoms with Crippen molar-refractivity contribution in [1.82, 2.24) is 5.32 Å². The standard InChI is InChI=1S/C25H26N2O4S/c1-18-7-2-5-11-23(18)27-32(29,30)21-15-13-20(14-16-21)31-17-25(28)26-24-12-6-9-19-8-3-4-10-22(19)24/h2-5,7-8,10-11,13-16,24,27H,6,9,12,17H2,1H3,(H,26,28)/t24-/m1/s1. The van der Waals surface area contributed by atoms with Crippen LogP contribution in [0.5, 0.6) is 5.75 Å². The van der Waals surface area contributed by atoms with Gasteiger partial charge in [0.1, 0.15) is 5.75 Å². The quantitative estimate of drug-likeness (QED) is 0.560. The van der Waals surface area contributed by atoms with E-state index in [0.29, 0.717) is 11.4 Å². The number of benzene rings is 3. The molecule has 0 bridgehead atoms. The molecule has 0 aliphatic heterocycles. The van der Waals surface area contributed by atoms with Gasteiger partial charge in [0.15, 0.2) is 6.61 Å². The zero-order chi connectivity index (χ0) is 22.6. The molecule has 0 saturated heterocycles. The van der Waals surface area contributed by atoms with Crippen LogP contribution in [0.25, 0.3) is 0 Å². The lowest BCUT2D eigenvalue weighted by Gasteiger charge is -2.26. The maximum absolute atomic E-state index is 12.6. The first-order valence-corrected chi connectivity index (χ1v) is 12.1. The lowest BCUT2D eigenvalue weighted by molar-refractivity contribution is -0.124. The number of carbonyl (C=O) groups excluding carboxylic acids is 1. The second kappa shape index (κ2) is 9.44. The molecule has 0 fully saturated rings. The molecule has 1 aliphatic rings. The Kier molecular flexibility index (Phi) is 6.46. The van der Waals surface area contributed by atoms with Crippen molar-refractivity contribution < 1.29 is 17.9 Å². The molecule has 0 radical (unpaired) electrons. The van der Waals surface area contributed by atoms with Gasteiger partial charge in [0, 0.05) is 0 Å². The number of ether oxygens (including phenoxy) is 1. The normalized spacial score (nSPS) is 15.5. The summed E-state index contributed by atoms with van der Waals surface area (Å²) in [6.45, 7) is 1.71. The summed E-state index contributed by atoms with van der Waals surface area (Å²) < 4.78 is 33.4. The van der Waals surface area contributed by atoms with Crippen molar-refractivity contribution in [3.63, 3.8) is 0 Å². The van der Waals surface area contributed by atoms with Crippen molar-refractivity contribution in [2.45, 2.75) is 37.1 Å². The Morgan fingerprint density at radius 2 is 1.72 bits per heavy atom. The summed E-state index contributed by atoms with van der Waals surface area (Å²) in [6.07, 6.45) is 2.98. The molecule has 166 valence electrons. The zero-order valence-corrected chi connectivity index (χ0v) is 18.7. The van der Waals surface area contributed by atoms with E-state index in [1.165, 1.54) is 23.3 Å². The molecule has 0 saturated carbocycles. The van der Waals surface area contributed by atoms with Crippen molar-refractivity contribution in [2.24, 2.45) is 0 Å². The van der Waals surface area contributed by atoms with Crippen LogP contribution in [0.4, 0.5) is 5.69 Å². The third-order valence-electron chi connectivity index (χ3n) is 5.60. The second-order valence-electron chi connectivity index (χ2n) is 7.89. The molecule has 2 N–H and O–H groups in total. The Hall–Kier alpha value is -3.32. The Labute approximate surface area is 188 Å². The molecule has 3 aromatic rings. The largest absolute Gasteiger partial charge is 0.484 e. The number of para-hydroxylation sites is 1. The number of hydrogen-bond donors (Lipinski definition) is 2. The highest BCUT2D eigenvalue weighted by Gasteiger charge is 2.21. The average molecular weight is 451 g/mol. The van der Waals surface area contributed by atoms with Crippen molar-refractivity contribution in [2.75, 3.05) is 11.3 Å². The molecule has 0 heterocycles. The first-order chi connectivity index (χ1) is 15.4. The van der Waals surface area contributed by atoms with E-state index in [9.17, 15) is 13.2 Å². The minimum atomic E-state index is -3.72. The molecule has 0 unspecified atom stereocenters. The smallest absolute Gasteiger partial charge is 0.261 e. The third-order valence-corrected chi connectivity index (χ3v) is 6.98. The number of aryl methyl sites for hydroxylation is 2. The number of fused-ring (bicyclic) bond motifs is 1. The highest BCUT2D eigenvalue weighted by molar-refractivity contribution is 7.92. The zero-order valence-electron chi connectivity index (χ0n) is 17.9. The first kappa shape index (κ1) is 21.9. The molecule has 1 atom stereocenters. The number of anilines is 1. The van der Waals surface area contributed by atoms with E-state index >= 15 is 0 Å². The second-order valence-corrected chi connectivity index (χ2v) is 9.57. The average Bonchev–Trinajstić information content (AvgIpc) is 2.80. The van der Waals surface area contributed by atoms with E-state index < -0.39 is 10.0 Å². The van der Waals surface area contributed by atoms with Crippen molar-refractivity contribution >= 4 is 21.6 Å². The van der Waals surface area contributed by atoms with E-state index in [2.05, 4.69) is 22.2 Å². The van der Waals surface area contributed by atoms with Gasteiger partial charge in [-0.3, -0.25) is 9.52 Å². The minimum absolute atomic E-state index is 0.00362. The van der Waals surface area contributed by atoms with Gasteiger partial charge in [-0.05, 0) is 73.2 Å². The highest BCUT2D eigenvalue weighted by atomic mass is 32.2. The molecule has 6 nitrogen and oxygen atoms in total. The van der Waals surface area contributed by atoms with E-state index in [1.807, 2.05) is 31.2 Å². The molecular weight excluding hydrogens is 424 g/mol. The summed E-state index contributed by atoms with van der Waals surface area (Å²) in [4.78, 5) is 12.5. The molecule has 3 aromatic carbocycles. The molecule has 4 rings (SSSR count). The van der Waals surface area contributed by atoms with Crippen LogP contribution in [0.2, 0.25) is 0 Å². The van der Waals surface area contributed by atoms with Crippen LogP contribution >= 0.6 is 0 Å². The van der Waals surface area contributed by atoms with Crippen molar-refractivity contribution in [3.05, 3.63) is 89.5 Å². The van der Waals surface area contributed by atoms with Gasteiger partial charge in [-0.15, -0.1) is 0 Å². The number of carbonyl (C=O) groups is 1. The fraction of sp³-hybridized carbons (Fsp3) is 0.240. The highest BCUT2D eigenvalue weighted by Crippen LogP contribution is 2.29.